The number of aromatic nitrogens is 3. The highest BCUT2D eigenvalue weighted by Crippen LogP contribution is 2.40. The van der Waals surface area contributed by atoms with E-state index in [4.69, 9.17) is 42.6 Å². The fourth-order valence-corrected chi connectivity index (χ4v) is 6.66. The number of hydroxylamine groups is 1. The molecule has 276 valence electrons. The van der Waals surface area contributed by atoms with Crippen LogP contribution in [0.5, 0.6) is 11.5 Å². The number of hydrogen-bond acceptors (Lipinski definition) is 10. The van der Waals surface area contributed by atoms with E-state index in [0.717, 1.165) is 38.7 Å². The first-order valence-electron chi connectivity index (χ1n) is 16.8. The van der Waals surface area contributed by atoms with Crippen molar-refractivity contribution >= 4 is 40.1 Å². The van der Waals surface area contributed by atoms with Crippen molar-refractivity contribution < 1.29 is 29.3 Å². The van der Waals surface area contributed by atoms with Crippen LogP contribution >= 0.6 is 23.2 Å². The van der Waals surface area contributed by atoms with Gasteiger partial charge in [-0.2, -0.15) is 15.8 Å². The average molecular weight is 768 g/mol. The van der Waals surface area contributed by atoms with Crippen molar-refractivity contribution in [2.24, 2.45) is 0 Å². The number of aliphatic hydroxyl groups excluding tert-OH is 1. The smallest absolute Gasteiger partial charge is 0.323 e. The van der Waals surface area contributed by atoms with Gasteiger partial charge >= 0.3 is 5.97 Å². The van der Waals surface area contributed by atoms with Crippen LogP contribution in [0.1, 0.15) is 27.8 Å². The number of rotatable bonds is 16. The number of hydrogen-bond donors (Lipinski definition) is 4. The molecular formula is C40H36Cl2N6O6. The maximum Gasteiger partial charge on any atom is 0.323 e. The molecule has 6 aromatic rings. The molecule has 54 heavy (non-hydrogen) atoms. The Bertz CT molecular complexity index is 2340. The molecule has 0 saturated heterocycles. The van der Waals surface area contributed by atoms with Crippen LogP contribution in [0.3, 0.4) is 0 Å². The zero-order valence-electron chi connectivity index (χ0n) is 29.3. The predicted molar refractivity (Wildman–Crippen MR) is 205 cm³/mol. The molecule has 4 N–H and O–H groups in total. The fraction of sp³-hybridized carbons (Fsp3) is 0.200. The van der Waals surface area contributed by atoms with Crippen LogP contribution in [0.15, 0.2) is 91.4 Å². The summed E-state index contributed by atoms with van der Waals surface area (Å²) in [6.07, 6.45) is 4.86. The molecule has 0 spiro atoms. The number of methoxy groups -OCH3 is 1. The molecule has 14 heteroatoms. The van der Waals surface area contributed by atoms with Crippen molar-refractivity contribution in [2.75, 3.05) is 20.8 Å². The minimum Gasteiger partial charge on any atom is -0.496 e. The van der Waals surface area contributed by atoms with Gasteiger partial charge in [-0.1, -0.05) is 65.7 Å². The molecule has 2 heterocycles. The van der Waals surface area contributed by atoms with Gasteiger partial charge < -0.3 is 24.5 Å². The second-order valence-corrected chi connectivity index (χ2v) is 13.0. The van der Waals surface area contributed by atoms with E-state index in [-0.39, 0.29) is 19.7 Å². The molecule has 0 bridgehead atoms. The van der Waals surface area contributed by atoms with Crippen molar-refractivity contribution in [2.45, 2.75) is 32.3 Å². The van der Waals surface area contributed by atoms with Gasteiger partial charge in [-0.3, -0.25) is 19.8 Å². The molecule has 6 rings (SSSR count). The Balaban J connectivity index is 1.32. The zero-order chi connectivity index (χ0) is 38.2. The number of benzene rings is 4. The van der Waals surface area contributed by atoms with Crippen LogP contribution in [-0.4, -0.2) is 57.8 Å². The highest BCUT2D eigenvalue weighted by molar-refractivity contribution is 6.36. The van der Waals surface area contributed by atoms with Crippen LogP contribution in [-0.2, 0) is 35.9 Å². The first-order valence-corrected chi connectivity index (χ1v) is 17.5. The topological polar surface area (TPSA) is 164 Å². The molecule has 0 aliphatic heterocycles. The summed E-state index contributed by atoms with van der Waals surface area (Å²) < 4.78 is 13.7. The summed E-state index contributed by atoms with van der Waals surface area (Å²) in [4.78, 5) is 20.7. The average Bonchev–Trinajstić information content (AvgIpc) is 3.60. The second-order valence-electron chi connectivity index (χ2n) is 12.2. The lowest BCUT2D eigenvalue weighted by atomic mass is 9.96. The van der Waals surface area contributed by atoms with Crippen LogP contribution < -0.4 is 20.3 Å². The molecule has 2 aromatic heterocycles. The van der Waals surface area contributed by atoms with E-state index in [2.05, 4.69) is 21.9 Å². The molecule has 0 saturated carbocycles. The minimum atomic E-state index is -1.19. The third-order valence-electron chi connectivity index (χ3n) is 8.87. The summed E-state index contributed by atoms with van der Waals surface area (Å²) in [5.41, 5.74) is 10.5. The van der Waals surface area contributed by atoms with Gasteiger partial charge in [0.1, 0.15) is 30.2 Å². The molecule has 0 unspecified atom stereocenters. The second kappa shape index (κ2) is 17.5. The maximum absolute atomic E-state index is 11.6. The standard InChI is InChI=1S/C40H36Cl2N6O6/c1-52-37-13-26(9-10-27(37)19-47-53-2)30-5-3-7-32(39(30)42)31-6-4-8-36-33(31)20-46-48(36)21-29-14-38(54-23-25-11-24(15-43)16-44-17-25)28(12-34(29)41)18-45-35(22-49)40(50)51/h3-14,16-17,20,35,45,47,49H,18-19,21-23H2,1-2H3,(H,50,51)/t35-/m0/s1. The molecule has 0 radical (unpaired) electrons. The Morgan fingerprint density at radius 1 is 0.926 bits per heavy atom. The Morgan fingerprint density at radius 2 is 1.72 bits per heavy atom. The van der Waals surface area contributed by atoms with Crippen molar-refractivity contribution in [3.63, 3.8) is 0 Å². The molecule has 0 amide bonds. The van der Waals surface area contributed by atoms with E-state index in [0.29, 0.717) is 50.3 Å². The van der Waals surface area contributed by atoms with E-state index in [1.54, 1.807) is 44.8 Å². The molecule has 0 fully saturated rings. The van der Waals surface area contributed by atoms with Gasteiger partial charge in [-0.25, -0.2) is 0 Å². The number of pyridine rings is 1. The van der Waals surface area contributed by atoms with Crippen LogP contribution in [0.25, 0.3) is 33.2 Å². The summed E-state index contributed by atoms with van der Waals surface area (Å²) in [5, 5.41) is 37.7. The van der Waals surface area contributed by atoms with Crippen LogP contribution in [0.4, 0.5) is 0 Å². The lowest BCUT2D eigenvalue weighted by Gasteiger charge is -2.18. The number of aliphatic carboxylic acids is 1. The van der Waals surface area contributed by atoms with Gasteiger partial charge in [0.25, 0.3) is 0 Å². The molecule has 0 aliphatic rings. The number of nitrogens with zero attached hydrogens (tertiary/aromatic N) is 4. The number of carboxylic acids is 1. The first-order chi connectivity index (χ1) is 26.2. The predicted octanol–water partition coefficient (Wildman–Crippen LogP) is 6.77. The van der Waals surface area contributed by atoms with Crippen molar-refractivity contribution in [3.05, 3.63) is 129 Å². The van der Waals surface area contributed by atoms with Gasteiger partial charge in [0.2, 0.25) is 0 Å². The van der Waals surface area contributed by atoms with Gasteiger partial charge in [-0.05, 0) is 47.0 Å². The Labute approximate surface area is 321 Å². The zero-order valence-corrected chi connectivity index (χ0v) is 30.9. The van der Waals surface area contributed by atoms with E-state index in [1.165, 1.54) is 6.20 Å². The minimum absolute atomic E-state index is 0.0547. The summed E-state index contributed by atoms with van der Waals surface area (Å²) in [6, 6.07) is 23.8. The summed E-state index contributed by atoms with van der Waals surface area (Å²) in [5.74, 6) is -0.0460. The Hall–Kier alpha value is -5.52. The number of fused-ring (bicyclic) bond motifs is 1. The third kappa shape index (κ3) is 8.48. The number of carboxylic acid groups (broad SMARTS) is 1. The number of ether oxygens (including phenoxy) is 2. The molecular weight excluding hydrogens is 731 g/mol. The quantitative estimate of drug-likeness (QED) is 0.0770. The number of aliphatic hydroxyl groups is 1. The largest absolute Gasteiger partial charge is 0.496 e. The summed E-state index contributed by atoms with van der Waals surface area (Å²) >= 11 is 14.0. The summed E-state index contributed by atoms with van der Waals surface area (Å²) in [7, 11) is 3.19. The van der Waals surface area contributed by atoms with Gasteiger partial charge in [0.05, 0.1) is 49.7 Å². The maximum atomic E-state index is 11.6. The van der Waals surface area contributed by atoms with E-state index in [9.17, 15) is 20.3 Å². The van der Waals surface area contributed by atoms with Crippen LogP contribution in [0.2, 0.25) is 10.0 Å². The van der Waals surface area contributed by atoms with Gasteiger partial charge in [-0.15, -0.1) is 0 Å². The Kier molecular flexibility index (Phi) is 12.4. The number of nitriles is 1. The lowest BCUT2D eigenvalue weighted by molar-refractivity contribution is -0.140. The highest BCUT2D eigenvalue weighted by Gasteiger charge is 2.20. The molecule has 4 aromatic carbocycles. The molecule has 1 atom stereocenters. The molecule has 12 nitrogen and oxygen atoms in total. The van der Waals surface area contributed by atoms with Crippen molar-refractivity contribution in [1.29, 1.82) is 5.26 Å². The summed E-state index contributed by atoms with van der Waals surface area (Å²) in [6.45, 7) is 0.318. The van der Waals surface area contributed by atoms with Gasteiger partial charge in [0, 0.05) is 63.7 Å². The van der Waals surface area contributed by atoms with Gasteiger partial charge in [0.15, 0.2) is 0 Å². The first kappa shape index (κ1) is 38.2. The monoisotopic (exact) mass is 766 g/mol. The van der Waals surface area contributed by atoms with Crippen molar-refractivity contribution in [1.82, 2.24) is 25.6 Å². The highest BCUT2D eigenvalue weighted by atomic mass is 35.5. The molecule has 0 aliphatic carbocycles. The van der Waals surface area contributed by atoms with E-state index < -0.39 is 18.6 Å². The Morgan fingerprint density at radius 3 is 2.48 bits per heavy atom. The third-order valence-corrected chi connectivity index (χ3v) is 9.63. The SMILES string of the molecule is CONCc1ccc(-c2cccc(-c3cccc4c3cnn4Cc3cc(OCc4cncc(C#N)c4)c(CN[C@@H](CO)C(=O)O)cc3Cl)c2Cl)cc1OC. The number of halogens is 2. The fourth-order valence-electron chi connectivity index (χ4n) is 6.08. The van der Waals surface area contributed by atoms with E-state index >= 15 is 0 Å². The normalized spacial score (nSPS) is 11.7. The van der Waals surface area contributed by atoms with E-state index in [1.807, 2.05) is 59.3 Å². The number of carbonyl (C=O) groups is 1. The number of nitrogens with one attached hydrogen (secondary N) is 2. The van der Waals surface area contributed by atoms with Crippen molar-refractivity contribution in [3.8, 4) is 39.8 Å². The lowest BCUT2D eigenvalue weighted by Crippen LogP contribution is -2.39. The van der Waals surface area contributed by atoms with Crippen LogP contribution in [0, 0.1) is 11.3 Å².